The molecule has 3 aromatic rings. The van der Waals surface area contributed by atoms with E-state index in [1.807, 2.05) is 37.3 Å². The van der Waals surface area contributed by atoms with Crippen LogP contribution >= 0.6 is 55.2 Å². The van der Waals surface area contributed by atoms with Crippen LogP contribution in [0.4, 0.5) is 10.1 Å². The van der Waals surface area contributed by atoms with Crippen molar-refractivity contribution >= 4 is 78.1 Å². The average molecular weight is 639 g/mol. The number of carbonyl (C=O) groups excluding carboxylic acids is 1. The van der Waals surface area contributed by atoms with Crippen LogP contribution in [0.25, 0.3) is 6.08 Å². The summed E-state index contributed by atoms with van der Waals surface area (Å²) in [7, 11) is 0. The van der Waals surface area contributed by atoms with Crippen molar-refractivity contribution in [2.75, 3.05) is 6.54 Å². The van der Waals surface area contributed by atoms with Gasteiger partial charge in [-0.25, -0.2) is 9.38 Å². The van der Waals surface area contributed by atoms with E-state index in [2.05, 4.69) is 36.9 Å². The van der Waals surface area contributed by atoms with Crippen LogP contribution in [-0.2, 0) is 11.4 Å². The quantitative estimate of drug-likeness (QED) is 0.244. The van der Waals surface area contributed by atoms with E-state index in [9.17, 15) is 9.18 Å². The van der Waals surface area contributed by atoms with Crippen LogP contribution < -0.4 is 4.74 Å². The van der Waals surface area contributed by atoms with E-state index in [4.69, 9.17) is 16.3 Å². The van der Waals surface area contributed by atoms with Gasteiger partial charge < -0.3 is 4.74 Å². The number of carbonyl (C=O) groups is 1. The largest absolute Gasteiger partial charge is 0.487 e. The molecule has 0 spiro atoms. The minimum absolute atomic E-state index is 0.0755. The number of hydrogen-bond donors (Lipinski definition) is 0. The Balaban J connectivity index is 1.56. The van der Waals surface area contributed by atoms with Gasteiger partial charge >= 0.3 is 0 Å². The third-order valence-electron chi connectivity index (χ3n) is 5.00. The first-order chi connectivity index (χ1) is 16.8. The lowest BCUT2D eigenvalue weighted by atomic mass is 10.2. The van der Waals surface area contributed by atoms with Crippen molar-refractivity contribution in [2.24, 2.45) is 4.99 Å². The Hall–Kier alpha value is -2.13. The summed E-state index contributed by atoms with van der Waals surface area (Å²) in [4.78, 5) is 20.1. The second kappa shape index (κ2) is 11.7. The maximum atomic E-state index is 13.1. The molecule has 0 N–H and O–H groups in total. The Kier molecular flexibility index (Phi) is 8.70. The van der Waals surface area contributed by atoms with Gasteiger partial charge in [-0.1, -0.05) is 30.7 Å². The molecule has 1 amide bonds. The van der Waals surface area contributed by atoms with Crippen LogP contribution in [0.15, 0.2) is 79.5 Å². The molecule has 9 heteroatoms. The predicted molar refractivity (Wildman–Crippen MR) is 149 cm³/mol. The van der Waals surface area contributed by atoms with Crippen molar-refractivity contribution in [2.45, 2.75) is 20.0 Å². The lowest BCUT2D eigenvalue weighted by Crippen LogP contribution is -2.29. The standard InChI is InChI=1S/C26H20Br2ClFN2O2S/c1-2-11-32-25(33)23(35-26(32)31-20-9-5-18(29)6-10-20)14-17-12-21(27)24(22(28)13-17)34-15-16-3-7-19(30)8-4-16/h3-10,12-14H,2,11,15H2,1H3/b23-14-,31-26?. The Morgan fingerprint density at radius 1 is 1.09 bits per heavy atom. The third kappa shape index (κ3) is 6.55. The van der Waals surface area contributed by atoms with Crippen LogP contribution in [0.3, 0.4) is 0 Å². The number of amides is 1. The molecule has 180 valence electrons. The number of thioether (sulfide) groups is 1. The fraction of sp³-hybridized carbons (Fsp3) is 0.154. The molecule has 1 aliphatic heterocycles. The van der Waals surface area contributed by atoms with Crippen LogP contribution in [-0.4, -0.2) is 22.5 Å². The molecule has 1 aliphatic rings. The lowest BCUT2D eigenvalue weighted by Gasteiger charge is -2.14. The molecule has 0 atom stereocenters. The molecule has 0 bridgehead atoms. The zero-order valence-corrected chi connectivity index (χ0v) is 23.3. The van der Waals surface area contributed by atoms with Gasteiger partial charge in [0.1, 0.15) is 18.2 Å². The topological polar surface area (TPSA) is 41.9 Å². The first kappa shape index (κ1) is 25.9. The summed E-state index contributed by atoms with van der Waals surface area (Å²) in [6.07, 6.45) is 2.66. The summed E-state index contributed by atoms with van der Waals surface area (Å²) in [5, 5.41) is 1.28. The van der Waals surface area contributed by atoms with Crippen molar-refractivity contribution in [1.82, 2.24) is 4.90 Å². The number of halogens is 4. The highest BCUT2D eigenvalue weighted by atomic mass is 79.9. The first-order valence-corrected chi connectivity index (χ1v) is 13.5. The van der Waals surface area contributed by atoms with Gasteiger partial charge in [-0.3, -0.25) is 9.69 Å². The van der Waals surface area contributed by atoms with Gasteiger partial charge in [0, 0.05) is 11.6 Å². The van der Waals surface area contributed by atoms with Crippen LogP contribution in [0.5, 0.6) is 5.75 Å². The van der Waals surface area contributed by atoms with E-state index >= 15 is 0 Å². The number of amidine groups is 1. The van der Waals surface area contributed by atoms with Crippen LogP contribution in [0.2, 0.25) is 5.02 Å². The van der Waals surface area contributed by atoms with Crippen molar-refractivity contribution < 1.29 is 13.9 Å². The molecule has 0 radical (unpaired) electrons. The highest BCUT2D eigenvalue weighted by Gasteiger charge is 2.32. The van der Waals surface area contributed by atoms with E-state index in [1.165, 1.54) is 23.9 Å². The fourth-order valence-corrected chi connectivity index (χ4v) is 5.93. The van der Waals surface area contributed by atoms with E-state index in [1.54, 1.807) is 29.2 Å². The smallest absolute Gasteiger partial charge is 0.266 e. The summed E-state index contributed by atoms with van der Waals surface area (Å²) in [5.41, 5.74) is 2.42. The van der Waals surface area contributed by atoms with E-state index in [0.717, 1.165) is 32.2 Å². The van der Waals surface area contributed by atoms with Gasteiger partial charge in [0.15, 0.2) is 5.17 Å². The summed E-state index contributed by atoms with van der Waals surface area (Å²) in [5.74, 6) is 0.264. The number of nitrogens with zero attached hydrogens (tertiary/aromatic N) is 2. The molecule has 4 rings (SSSR count). The summed E-state index contributed by atoms with van der Waals surface area (Å²) in [6, 6.07) is 17.2. The molecular weight excluding hydrogens is 619 g/mol. The maximum Gasteiger partial charge on any atom is 0.266 e. The Morgan fingerprint density at radius 3 is 2.37 bits per heavy atom. The minimum atomic E-state index is -0.285. The number of rotatable bonds is 7. The van der Waals surface area contributed by atoms with Crippen molar-refractivity contribution in [1.29, 1.82) is 0 Å². The molecule has 3 aromatic carbocycles. The van der Waals surface area contributed by atoms with Crippen LogP contribution in [0.1, 0.15) is 24.5 Å². The summed E-state index contributed by atoms with van der Waals surface area (Å²) < 4.78 is 20.5. The van der Waals surface area contributed by atoms with E-state index in [0.29, 0.717) is 34.0 Å². The summed E-state index contributed by atoms with van der Waals surface area (Å²) >= 11 is 14.5. The molecule has 1 heterocycles. The molecule has 0 unspecified atom stereocenters. The van der Waals surface area contributed by atoms with Gasteiger partial charge in [-0.2, -0.15) is 0 Å². The number of hydrogen-bond acceptors (Lipinski definition) is 4. The maximum absolute atomic E-state index is 13.1. The van der Waals surface area contributed by atoms with Gasteiger partial charge in [0.05, 0.1) is 19.5 Å². The zero-order chi connectivity index (χ0) is 24.9. The van der Waals surface area contributed by atoms with Gasteiger partial charge in [-0.05, 0) is 116 Å². The third-order valence-corrected chi connectivity index (χ3v) is 7.44. The van der Waals surface area contributed by atoms with Crippen molar-refractivity contribution in [3.8, 4) is 5.75 Å². The summed E-state index contributed by atoms with van der Waals surface area (Å²) in [6.45, 7) is 2.90. The Labute approximate surface area is 229 Å². The molecule has 1 saturated heterocycles. The second-order valence-corrected chi connectivity index (χ2v) is 10.8. The zero-order valence-electron chi connectivity index (χ0n) is 18.6. The molecule has 0 aromatic heterocycles. The highest BCUT2D eigenvalue weighted by Crippen LogP contribution is 2.38. The molecule has 35 heavy (non-hydrogen) atoms. The Bertz CT molecular complexity index is 1270. The molecular formula is C26H20Br2ClFN2O2S. The van der Waals surface area contributed by atoms with Gasteiger partial charge in [0.25, 0.3) is 5.91 Å². The van der Waals surface area contributed by atoms with Crippen LogP contribution in [0, 0.1) is 5.82 Å². The minimum Gasteiger partial charge on any atom is -0.487 e. The lowest BCUT2D eigenvalue weighted by molar-refractivity contribution is -0.122. The van der Waals surface area contributed by atoms with E-state index < -0.39 is 0 Å². The van der Waals surface area contributed by atoms with Crippen molar-refractivity contribution in [3.05, 3.63) is 96.5 Å². The van der Waals surface area contributed by atoms with Crippen molar-refractivity contribution in [3.63, 3.8) is 0 Å². The van der Waals surface area contributed by atoms with Gasteiger partial charge in [0.2, 0.25) is 0 Å². The molecule has 1 fully saturated rings. The molecule has 0 aliphatic carbocycles. The Morgan fingerprint density at radius 2 is 1.74 bits per heavy atom. The molecule has 4 nitrogen and oxygen atoms in total. The van der Waals surface area contributed by atoms with Gasteiger partial charge in [-0.15, -0.1) is 0 Å². The monoisotopic (exact) mass is 636 g/mol. The number of ether oxygens (including phenoxy) is 1. The normalized spacial score (nSPS) is 15.9. The second-order valence-electron chi connectivity index (χ2n) is 7.67. The number of aliphatic imine (C=N–C) groups is 1. The number of benzene rings is 3. The van der Waals surface area contributed by atoms with E-state index in [-0.39, 0.29) is 11.7 Å². The molecule has 0 saturated carbocycles. The average Bonchev–Trinajstić information content (AvgIpc) is 3.10. The predicted octanol–water partition coefficient (Wildman–Crippen LogP) is 8.60. The highest BCUT2D eigenvalue weighted by molar-refractivity contribution is 9.11. The fourth-order valence-electron chi connectivity index (χ4n) is 3.33. The SMILES string of the molecule is CCCN1C(=O)/C(=C/c2cc(Br)c(OCc3ccc(F)cc3)c(Br)c2)SC1=Nc1ccc(Cl)cc1. The first-order valence-electron chi connectivity index (χ1n) is 10.8.